The van der Waals surface area contributed by atoms with Crippen LogP contribution in [0.25, 0.3) is 0 Å². The molecule has 6 nitrogen and oxygen atoms in total. The summed E-state index contributed by atoms with van der Waals surface area (Å²) in [6, 6.07) is 2.85. The number of carboxylic acid groups (broad SMARTS) is 1. The van der Waals surface area contributed by atoms with Crippen LogP contribution in [0.2, 0.25) is 0 Å². The van der Waals surface area contributed by atoms with Crippen molar-refractivity contribution in [1.29, 1.82) is 0 Å². The maximum absolute atomic E-state index is 11.4. The number of ether oxygens (including phenoxy) is 2. The standard InChI is InChI=1S/C13H19NO5/c1-13(2,3)14(12(16)17)8-6-9(15)11(19-5)10(7-8)18-4/h6-7,15H,1-5H3,(H,16,17). The Bertz CT molecular complexity index is 479. The summed E-state index contributed by atoms with van der Waals surface area (Å²) in [5, 5.41) is 19.2. The topological polar surface area (TPSA) is 79.2 Å². The second-order valence-electron chi connectivity index (χ2n) is 4.99. The van der Waals surface area contributed by atoms with E-state index < -0.39 is 11.6 Å². The lowest BCUT2D eigenvalue weighted by molar-refractivity contribution is 0.195. The van der Waals surface area contributed by atoms with Crippen LogP contribution in [0.5, 0.6) is 17.2 Å². The third kappa shape index (κ3) is 3.01. The summed E-state index contributed by atoms with van der Waals surface area (Å²) in [5.41, 5.74) is -0.340. The molecule has 1 aromatic rings. The second-order valence-corrected chi connectivity index (χ2v) is 4.99. The SMILES string of the molecule is COc1cc(N(C(=O)O)C(C)(C)C)cc(O)c1OC. The molecular formula is C13H19NO5. The largest absolute Gasteiger partial charge is 0.504 e. The molecule has 106 valence electrons. The third-order valence-electron chi connectivity index (χ3n) is 2.56. The minimum Gasteiger partial charge on any atom is -0.504 e. The van der Waals surface area contributed by atoms with E-state index in [1.807, 2.05) is 0 Å². The monoisotopic (exact) mass is 269 g/mol. The predicted octanol–water partition coefficient (Wildman–Crippen LogP) is 2.69. The van der Waals surface area contributed by atoms with E-state index in [-0.39, 0.29) is 17.2 Å². The minimum atomic E-state index is -1.11. The average molecular weight is 269 g/mol. The maximum atomic E-state index is 11.4. The van der Waals surface area contributed by atoms with Gasteiger partial charge in [-0.15, -0.1) is 0 Å². The molecule has 0 radical (unpaired) electrons. The molecule has 1 amide bonds. The van der Waals surface area contributed by atoms with E-state index in [4.69, 9.17) is 9.47 Å². The molecule has 19 heavy (non-hydrogen) atoms. The minimum absolute atomic E-state index is 0.172. The van der Waals surface area contributed by atoms with Crippen molar-refractivity contribution in [2.45, 2.75) is 26.3 Å². The van der Waals surface area contributed by atoms with Crippen molar-refractivity contribution in [2.24, 2.45) is 0 Å². The molecule has 1 aromatic carbocycles. The highest BCUT2D eigenvalue weighted by atomic mass is 16.5. The van der Waals surface area contributed by atoms with Gasteiger partial charge in [-0.2, -0.15) is 0 Å². The zero-order valence-corrected chi connectivity index (χ0v) is 11.7. The number of carbonyl (C=O) groups is 1. The second kappa shape index (κ2) is 5.26. The summed E-state index contributed by atoms with van der Waals surface area (Å²) < 4.78 is 10.1. The first-order valence-electron chi connectivity index (χ1n) is 5.70. The van der Waals surface area contributed by atoms with Crippen molar-refractivity contribution in [3.63, 3.8) is 0 Å². The number of rotatable bonds is 3. The molecule has 0 bridgehead atoms. The summed E-state index contributed by atoms with van der Waals surface area (Å²) in [5.74, 6) is 0.269. The summed E-state index contributed by atoms with van der Waals surface area (Å²) >= 11 is 0. The lowest BCUT2D eigenvalue weighted by Crippen LogP contribution is -2.45. The quantitative estimate of drug-likeness (QED) is 0.882. The van der Waals surface area contributed by atoms with Gasteiger partial charge in [0.1, 0.15) is 0 Å². The molecule has 0 saturated carbocycles. The van der Waals surface area contributed by atoms with Gasteiger partial charge in [0.15, 0.2) is 11.5 Å². The van der Waals surface area contributed by atoms with Crippen molar-refractivity contribution < 1.29 is 24.5 Å². The Kier molecular flexibility index (Phi) is 4.14. The van der Waals surface area contributed by atoms with E-state index in [1.165, 1.54) is 26.4 Å². The van der Waals surface area contributed by atoms with Gasteiger partial charge in [0, 0.05) is 17.7 Å². The van der Waals surface area contributed by atoms with Crippen molar-refractivity contribution in [3.05, 3.63) is 12.1 Å². The smallest absolute Gasteiger partial charge is 0.412 e. The van der Waals surface area contributed by atoms with Gasteiger partial charge in [0.2, 0.25) is 5.75 Å². The van der Waals surface area contributed by atoms with E-state index >= 15 is 0 Å². The number of benzene rings is 1. The lowest BCUT2D eigenvalue weighted by Gasteiger charge is -2.33. The molecule has 2 N–H and O–H groups in total. The number of phenolic OH excluding ortho intramolecular Hbond substituents is 1. The molecule has 6 heteroatoms. The van der Waals surface area contributed by atoms with Gasteiger partial charge in [-0.3, -0.25) is 4.90 Å². The van der Waals surface area contributed by atoms with Crippen molar-refractivity contribution in [2.75, 3.05) is 19.1 Å². The van der Waals surface area contributed by atoms with Crippen molar-refractivity contribution in [3.8, 4) is 17.2 Å². The van der Waals surface area contributed by atoms with Crippen molar-refractivity contribution >= 4 is 11.8 Å². The fraction of sp³-hybridized carbons (Fsp3) is 0.462. The van der Waals surface area contributed by atoms with Crippen LogP contribution >= 0.6 is 0 Å². The van der Waals surface area contributed by atoms with Crippen LogP contribution in [0.1, 0.15) is 20.8 Å². The van der Waals surface area contributed by atoms with E-state index in [2.05, 4.69) is 0 Å². The Labute approximate surface area is 112 Å². The highest BCUT2D eigenvalue weighted by Crippen LogP contribution is 2.41. The summed E-state index contributed by atoms with van der Waals surface area (Å²) in [6.45, 7) is 5.28. The fourth-order valence-corrected chi connectivity index (χ4v) is 1.84. The molecule has 0 unspecified atom stereocenters. The van der Waals surface area contributed by atoms with Gasteiger partial charge in [0.25, 0.3) is 0 Å². The number of phenols is 1. The number of aromatic hydroxyl groups is 1. The fourth-order valence-electron chi connectivity index (χ4n) is 1.84. The molecule has 0 aromatic heterocycles. The molecule has 0 atom stereocenters. The van der Waals surface area contributed by atoms with Crippen LogP contribution < -0.4 is 14.4 Å². The van der Waals surface area contributed by atoms with Gasteiger partial charge in [-0.25, -0.2) is 4.79 Å². The van der Waals surface area contributed by atoms with E-state index in [9.17, 15) is 15.0 Å². The van der Waals surface area contributed by atoms with Crippen molar-refractivity contribution in [1.82, 2.24) is 0 Å². The highest BCUT2D eigenvalue weighted by molar-refractivity contribution is 5.88. The Morgan fingerprint density at radius 2 is 1.79 bits per heavy atom. The molecule has 0 aliphatic carbocycles. The zero-order chi connectivity index (χ0) is 14.8. The Morgan fingerprint density at radius 3 is 2.16 bits per heavy atom. The number of hydrogen-bond donors (Lipinski definition) is 2. The molecule has 1 rings (SSSR count). The van der Waals surface area contributed by atoms with E-state index in [1.54, 1.807) is 20.8 Å². The molecule has 0 saturated heterocycles. The van der Waals surface area contributed by atoms with Gasteiger partial charge in [-0.1, -0.05) is 0 Å². The van der Waals surface area contributed by atoms with E-state index in [0.717, 1.165) is 4.90 Å². The first-order valence-corrected chi connectivity index (χ1v) is 5.70. The first-order chi connectivity index (χ1) is 8.72. The number of methoxy groups -OCH3 is 2. The highest BCUT2D eigenvalue weighted by Gasteiger charge is 2.29. The molecular weight excluding hydrogens is 250 g/mol. The zero-order valence-electron chi connectivity index (χ0n) is 11.7. The van der Waals surface area contributed by atoms with Crippen LogP contribution in [-0.2, 0) is 0 Å². The molecule has 0 spiro atoms. The number of hydrogen-bond acceptors (Lipinski definition) is 4. The molecule has 0 aliphatic heterocycles. The summed E-state index contributed by atoms with van der Waals surface area (Å²) in [6.07, 6.45) is -1.11. The number of amides is 1. The summed E-state index contributed by atoms with van der Waals surface area (Å²) in [7, 11) is 2.82. The first kappa shape index (κ1) is 14.9. The maximum Gasteiger partial charge on any atom is 0.412 e. The van der Waals surface area contributed by atoms with Gasteiger partial charge >= 0.3 is 6.09 Å². The van der Waals surface area contributed by atoms with Gasteiger partial charge in [0.05, 0.1) is 19.9 Å². The van der Waals surface area contributed by atoms with Crippen LogP contribution in [0.4, 0.5) is 10.5 Å². The Balaban J connectivity index is 3.42. The summed E-state index contributed by atoms with van der Waals surface area (Å²) in [4.78, 5) is 12.5. The van der Waals surface area contributed by atoms with E-state index in [0.29, 0.717) is 5.69 Å². The Morgan fingerprint density at radius 1 is 1.21 bits per heavy atom. The lowest BCUT2D eigenvalue weighted by atomic mass is 10.1. The Hall–Kier alpha value is -2.11. The normalized spacial score (nSPS) is 11.0. The van der Waals surface area contributed by atoms with Crippen LogP contribution in [-0.4, -0.2) is 36.1 Å². The van der Waals surface area contributed by atoms with Crippen LogP contribution in [0.15, 0.2) is 12.1 Å². The molecule has 0 heterocycles. The van der Waals surface area contributed by atoms with Gasteiger partial charge in [-0.05, 0) is 20.8 Å². The third-order valence-corrected chi connectivity index (χ3v) is 2.56. The molecule has 0 fully saturated rings. The average Bonchev–Trinajstić information content (AvgIpc) is 2.25. The number of nitrogens with zero attached hydrogens (tertiary/aromatic N) is 1. The van der Waals surface area contributed by atoms with Crippen LogP contribution in [0.3, 0.4) is 0 Å². The number of anilines is 1. The molecule has 0 aliphatic rings. The van der Waals surface area contributed by atoms with Crippen LogP contribution in [0, 0.1) is 0 Å². The van der Waals surface area contributed by atoms with Gasteiger partial charge < -0.3 is 19.7 Å². The predicted molar refractivity (Wildman–Crippen MR) is 71.5 cm³/mol.